The van der Waals surface area contributed by atoms with Crippen LogP contribution in [0, 0.1) is 0 Å². The van der Waals surface area contributed by atoms with E-state index in [1.807, 2.05) is 10.9 Å². The molecule has 0 aliphatic carbocycles. The second-order valence-corrected chi connectivity index (χ2v) is 5.07. The normalized spacial score (nSPS) is 20.8. The van der Waals surface area contributed by atoms with Gasteiger partial charge in [0.1, 0.15) is 0 Å². The van der Waals surface area contributed by atoms with Crippen LogP contribution in [0.4, 0.5) is 0 Å². The summed E-state index contributed by atoms with van der Waals surface area (Å²) >= 11 is 0. The molecule has 2 heterocycles. The molecule has 2 N–H and O–H groups in total. The van der Waals surface area contributed by atoms with Crippen molar-refractivity contribution in [2.75, 3.05) is 39.8 Å². The van der Waals surface area contributed by atoms with Crippen molar-refractivity contribution in [3.05, 3.63) is 18.0 Å². The fraction of sp³-hybridized carbons (Fsp3) is 0.769. The average Bonchev–Trinajstić information content (AvgIpc) is 2.75. The quantitative estimate of drug-likeness (QED) is 0.848. The summed E-state index contributed by atoms with van der Waals surface area (Å²) in [5, 5.41) is 4.36. The van der Waals surface area contributed by atoms with Gasteiger partial charge in [-0.2, -0.15) is 5.10 Å². The lowest BCUT2D eigenvalue weighted by Gasteiger charge is -2.28. The Morgan fingerprint density at radius 3 is 2.83 bits per heavy atom. The smallest absolute Gasteiger partial charge is 0.0538 e. The van der Waals surface area contributed by atoms with Crippen LogP contribution >= 0.6 is 0 Å². The van der Waals surface area contributed by atoms with E-state index in [9.17, 15) is 0 Å². The van der Waals surface area contributed by atoms with Crippen LogP contribution in [-0.4, -0.2) is 59.4 Å². The summed E-state index contributed by atoms with van der Waals surface area (Å²) in [5.41, 5.74) is 7.23. The third-order valence-electron chi connectivity index (χ3n) is 3.78. The molecular formula is C13H25N5. The van der Waals surface area contributed by atoms with Gasteiger partial charge in [0.25, 0.3) is 0 Å². The molecule has 2 rings (SSSR count). The molecule has 102 valence electrons. The van der Waals surface area contributed by atoms with Crippen molar-refractivity contribution in [3.63, 3.8) is 0 Å². The third kappa shape index (κ3) is 3.10. The molecular weight excluding hydrogens is 226 g/mol. The zero-order valence-electron chi connectivity index (χ0n) is 11.5. The Morgan fingerprint density at radius 1 is 1.33 bits per heavy atom. The van der Waals surface area contributed by atoms with E-state index in [1.165, 1.54) is 18.5 Å². The number of likely N-dealkylation sites (N-methyl/N-ethyl adjacent to an activating group) is 1. The van der Waals surface area contributed by atoms with E-state index in [4.69, 9.17) is 5.73 Å². The highest BCUT2D eigenvalue weighted by atomic mass is 15.3. The lowest BCUT2D eigenvalue weighted by atomic mass is 10.1. The van der Waals surface area contributed by atoms with E-state index in [0.29, 0.717) is 12.6 Å². The summed E-state index contributed by atoms with van der Waals surface area (Å²) in [6.45, 7) is 8.22. The van der Waals surface area contributed by atoms with E-state index in [-0.39, 0.29) is 0 Å². The highest BCUT2D eigenvalue weighted by Crippen LogP contribution is 2.20. The van der Waals surface area contributed by atoms with Crippen molar-refractivity contribution in [2.45, 2.75) is 25.9 Å². The van der Waals surface area contributed by atoms with Crippen LogP contribution in [0.15, 0.2) is 12.4 Å². The van der Waals surface area contributed by atoms with Crippen molar-refractivity contribution < 1.29 is 0 Å². The summed E-state index contributed by atoms with van der Waals surface area (Å²) in [6, 6.07) is 0.316. The molecule has 0 spiro atoms. The van der Waals surface area contributed by atoms with Gasteiger partial charge in [0, 0.05) is 44.5 Å². The summed E-state index contributed by atoms with van der Waals surface area (Å²) in [4.78, 5) is 4.89. The molecule has 1 atom stereocenters. The number of aryl methyl sites for hydroxylation is 1. The van der Waals surface area contributed by atoms with Gasteiger partial charge in [-0.15, -0.1) is 0 Å². The first kappa shape index (κ1) is 13.5. The minimum atomic E-state index is 0.316. The van der Waals surface area contributed by atoms with Crippen molar-refractivity contribution in [1.82, 2.24) is 19.6 Å². The van der Waals surface area contributed by atoms with Crippen molar-refractivity contribution in [3.8, 4) is 0 Å². The molecule has 1 aromatic rings. The summed E-state index contributed by atoms with van der Waals surface area (Å²) in [6.07, 6.45) is 5.32. The van der Waals surface area contributed by atoms with Crippen molar-refractivity contribution in [1.29, 1.82) is 0 Å². The molecule has 5 heteroatoms. The fourth-order valence-corrected chi connectivity index (χ4v) is 2.60. The van der Waals surface area contributed by atoms with Gasteiger partial charge in [0.2, 0.25) is 0 Å². The second-order valence-electron chi connectivity index (χ2n) is 5.07. The van der Waals surface area contributed by atoms with Crippen LogP contribution in [0.5, 0.6) is 0 Å². The molecule has 0 bridgehead atoms. The van der Waals surface area contributed by atoms with Crippen LogP contribution in [0.1, 0.15) is 24.9 Å². The van der Waals surface area contributed by atoms with Crippen molar-refractivity contribution in [2.24, 2.45) is 5.73 Å². The van der Waals surface area contributed by atoms with E-state index >= 15 is 0 Å². The first-order valence-electron chi connectivity index (χ1n) is 6.89. The highest BCUT2D eigenvalue weighted by molar-refractivity contribution is 5.11. The first-order chi connectivity index (χ1) is 8.74. The average molecular weight is 251 g/mol. The first-order valence-corrected chi connectivity index (χ1v) is 6.89. The standard InChI is InChI=1S/C13H25N5/c1-3-18-11-12(10-15-18)13(9-14)17-6-4-5-16(2)7-8-17/h10-11,13H,3-9,14H2,1-2H3. The molecule has 1 unspecified atom stereocenters. The number of nitrogens with two attached hydrogens (primary N) is 1. The lowest BCUT2D eigenvalue weighted by molar-refractivity contribution is 0.208. The number of hydrogen-bond acceptors (Lipinski definition) is 4. The summed E-state index contributed by atoms with van der Waals surface area (Å²) in [5.74, 6) is 0. The molecule has 1 fully saturated rings. The lowest BCUT2D eigenvalue weighted by Crippen LogP contribution is -2.36. The Labute approximate surface area is 110 Å². The van der Waals surface area contributed by atoms with E-state index < -0.39 is 0 Å². The van der Waals surface area contributed by atoms with Crippen LogP contribution in [0.2, 0.25) is 0 Å². The maximum atomic E-state index is 5.98. The molecule has 0 radical (unpaired) electrons. The van der Waals surface area contributed by atoms with Gasteiger partial charge < -0.3 is 10.6 Å². The number of rotatable bonds is 4. The largest absolute Gasteiger partial charge is 0.329 e. The molecule has 0 saturated carbocycles. The Hall–Kier alpha value is -0.910. The van der Waals surface area contributed by atoms with Gasteiger partial charge in [-0.1, -0.05) is 0 Å². The highest BCUT2D eigenvalue weighted by Gasteiger charge is 2.22. The van der Waals surface area contributed by atoms with Crippen LogP contribution in [0.3, 0.4) is 0 Å². The van der Waals surface area contributed by atoms with E-state index in [1.54, 1.807) is 0 Å². The maximum Gasteiger partial charge on any atom is 0.0538 e. The van der Waals surface area contributed by atoms with Crippen LogP contribution in [-0.2, 0) is 6.54 Å². The predicted molar refractivity (Wildman–Crippen MR) is 73.4 cm³/mol. The minimum absolute atomic E-state index is 0.316. The minimum Gasteiger partial charge on any atom is -0.329 e. The molecule has 1 saturated heterocycles. The number of hydrogen-bond donors (Lipinski definition) is 1. The Morgan fingerprint density at radius 2 is 2.17 bits per heavy atom. The van der Waals surface area contributed by atoms with Crippen molar-refractivity contribution >= 4 is 0 Å². The fourth-order valence-electron chi connectivity index (χ4n) is 2.60. The maximum absolute atomic E-state index is 5.98. The third-order valence-corrected chi connectivity index (χ3v) is 3.78. The van der Waals surface area contributed by atoms with Crippen LogP contribution in [0.25, 0.3) is 0 Å². The van der Waals surface area contributed by atoms with Crippen LogP contribution < -0.4 is 5.73 Å². The predicted octanol–water partition coefficient (Wildman–Crippen LogP) is 0.540. The molecule has 1 aromatic heterocycles. The van der Waals surface area contributed by atoms with E-state index in [2.05, 4.69) is 35.1 Å². The molecule has 1 aliphatic heterocycles. The zero-order valence-corrected chi connectivity index (χ0v) is 11.5. The van der Waals surface area contributed by atoms with Gasteiger partial charge in [0.15, 0.2) is 0 Å². The monoisotopic (exact) mass is 251 g/mol. The molecule has 18 heavy (non-hydrogen) atoms. The Balaban J connectivity index is 2.07. The number of nitrogens with zero attached hydrogens (tertiary/aromatic N) is 4. The SMILES string of the molecule is CCn1cc(C(CN)N2CCCN(C)CC2)cn1. The molecule has 0 aromatic carbocycles. The van der Waals surface area contributed by atoms with Gasteiger partial charge >= 0.3 is 0 Å². The van der Waals surface area contributed by atoms with Gasteiger partial charge in [-0.05, 0) is 26.9 Å². The van der Waals surface area contributed by atoms with E-state index in [0.717, 1.165) is 26.2 Å². The number of aromatic nitrogens is 2. The second kappa shape index (κ2) is 6.31. The zero-order chi connectivity index (χ0) is 13.0. The summed E-state index contributed by atoms with van der Waals surface area (Å²) < 4.78 is 1.97. The topological polar surface area (TPSA) is 50.3 Å². The molecule has 1 aliphatic rings. The summed E-state index contributed by atoms with van der Waals surface area (Å²) in [7, 11) is 2.19. The molecule has 0 amide bonds. The van der Waals surface area contributed by atoms with Gasteiger partial charge in [-0.25, -0.2) is 0 Å². The molecule has 5 nitrogen and oxygen atoms in total. The van der Waals surface area contributed by atoms with Gasteiger partial charge in [-0.3, -0.25) is 9.58 Å². The Bertz CT molecular complexity index is 362. The van der Waals surface area contributed by atoms with Gasteiger partial charge in [0.05, 0.1) is 12.2 Å². The Kier molecular flexibility index (Phi) is 4.74.